The molecule has 0 unspecified atom stereocenters. The largest absolute Gasteiger partial charge is 0.353 e. The number of rotatable bonds is 2. The second kappa shape index (κ2) is 5.12. The van der Waals surface area contributed by atoms with E-state index >= 15 is 0 Å². The van der Waals surface area contributed by atoms with Crippen molar-refractivity contribution in [1.29, 1.82) is 0 Å². The highest BCUT2D eigenvalue weighted by Gasteiger charge is 2.03. The minimum absolute atomic E-state index is 0.747. The van der Waals surface area contributed by atoms with Crippen LogP contribution in [-0.2, 0) is 0 Å². The lowest BCUT2D eigenvalue weighted by Crippen LogP contribution is -2.30. The number of benzene rings is 1. The fourth-order valence-corrected chi connectivity index (χ4v) is 1.63. The van der Waals surface area contributed by atoms with Crippen molar-refractivity contribution in [1.82, 2.24) is 10.7 Å². The van der Waals surface area contributed by atoms with E-state index in [1.54, 1.807) is 0 Å². The Kier molecular flexibility index (Phi) is 3.56. The van der Waals surface area contributed by atoms with Gasteiger partial charge in [0.1, 0.15) is 0 Å². The molecule has 0 bridgehead atoms. The smallest absolute Gasteiger partial charge is 0.212 e. The molecule has 1 aromatic rings. The first kappa shape index (κ1) is 11.1. The summed E-state index contributed by atoms with van der Waals surface area (Å²) >= 11 is 3.40. The molecule has 5 heteroatoms. The van der Waals surface area contributed by atoms with Gasteiger partial charge >= 0.3 is 0 Å². The quantitative estimate of drug-likeness (QED) is 0.640. The Hall–Kier alpha value is -1.36. The molecule has 0 saturated heterocycles. The SMILES string of the molecule is C/C(=N/NC1=NCCN1)c1ccc(Br)cc1. The number of halogens is 1. The third-order valence-electron chi connectivity index (χ3n) is 2.27. The third-order valence-corrected chi connectivity index (χ3v) is 2.79. The van der Waals surface area contributed by atoms with Gasteiger partial charge < -0.3 is 5.32 Å². The molecule has 0 aromatic heterocycles. The van der Waals surface area contributed by atoms with Gasteiger partial charge in [0.25, 0.3) is 0 Å². The van der Waals surface area contributed by atoms with E-state index in [-0.39, 0.29) is 0 Å². The van der Waals surface area contributed by atoms with Gasteiger partial charge in [0.15, 0.2) is 0 Å². The average molecular weight is 281 g/mol. The fraction of sp³-hybridized carbons (Fsp3) is 0.273. The molecule has 4 nitrogen and oxygen atoms in total. The van der Waals surface area contributed by atoms with Crippen LogP contribution in [0.4, 0.5) is 0 Å². The molecule has 1 aromatic carbocycles. The maximum Gasteiger partial charge on any atom is 0.212 e. The predicted molar refractivity (Wildman–Crippen MR) is 69.8 cm³/mol. The lowest BCUT2D eigenvalue weighted by molar-refractivity contribution is 0.917. The van der Waals surface area contributed by atoms with Crippen LogP contribution >= 0.6 is 15.9 Å². The van der Waals surface area contributed by atoms with Crippen LogP contribution in [0, 0.1) is 0 Å². The number of hydrogen-bond acceptors (Lipinski definition) is 4. The van der Waals surface area contributed by atoms with E-state index in [4.69, 9.17) is 0 Å². The summed E-state index contributed by atoms with van der Waals surface area (Å²) in [5.74, 6) is 0.747. The summed E-state index contributed by atoms with van der Waals surface area (Å²) < 4.78 is 1.07. The molecule has 0 amide bonds. The van der Waals surface area contributed by atoms with Crippen molar-refractivity contribution in [3.63, 3.8) is 0 Å². The molecule has 84 valence electrons. The van der Waals surface area contributed by atoms with E-state index in [0.717, 1.165) is 34.8 Å². The fourth-order valence-electron chi connectivity index (χ4n) is 1.37. The minimum atomic E-state index is 0.747. The average Bonchev–Trinajstić information content (AvgIpc) is 2.80. The van der Waals surface area contributed by atoms with Gasteiger partial charge in [-0.3, -0.25) is 0 Å². The van der Waals surface area contributed by atoms with Gasteiger partial charge in [-0.1, -0.05) is 28.1 Å². The van der Waals surface area contributed by atoms with Crippen molar-refractivity contribution in [3.05, 3.63) is 34.3 Å². The first-order chi connectivity index (χ1) is 7.75. The first-order valence-electron chi connectivity index (χ1n) is 5.10. The zero-order valence-corrected chi connectivity index (χ0v) is 10.6. The molecule has 0 spiro atoms. The normalized spacial score (nSPS) is 15.6. The van der Waals surface area contributed by atoms with Crippen molar-refractivity contribution in [2.45, 2.75) is 6.92 Å². The summed E-state index contributed by atoms with van der Waals surface area (Å²) in [6, 6.07) is 8.04. The zero-order chi connectivity index (χ0) is 11.4. The lowest BCUT2D eigenvalue weighted by atomic mass is 10.1. The van der Waals surface area contributed by atoms with Gasteiger partial charge in [0, 0.05) is 11.0 Å². The van der Waals surface area contributed by atoms with Gasteiger partial charge in [-0.15, -0.1) is 0 Å². The maximum absolute atomic E-state index is 4.26. The first-order valence-corrected chi connectivity index (χ1v) is 5.89. The molecule has 0 radical (unpaired) electrons. The van der Waals surface area contributed by atoms with Gasteiger partial charge in [-0.2, -0.15) is 5.10 Å². The molecule has 0 saturated carbocycles. The summed E-state index contributed by atoms with van der Waals surface area (Å²) in [4.78, 5) is 4.20. The van der Waals surface area contributed by atoms with Crippen molar-refractivity contribution in [2.24, 2.45) is 10.1 Å². The van der Waals surface area contributed by atoms with Crippen molar-refractivity contribution >= 4 is 27.6 Å². The number of nitrogens with one attached hydrogen (secondary N) is 2. The third kappa shape index (κ3) is 2.82. The Morgan fingerprint density at radius 3 is 2.81 bits per heavy atom. The van der Waals surface area contributed by atoms with E-state index in [1.807, 2.05) is 31.2 Å². The number of nitrogens with zero attached hydrogens (tertiary/aromatic N) is 2. The highest BCUT2D eigenvalue weighted by Crippen LogP contribution is 2.10. The minimum Gasteiger partial charge on any atom is -0.353 e. The van der Waals surface area contributed by atoms with Crippen LogP contribution in [0.3, 0.4) is 0 Å². The van der Waals surface area contributed by atoms with Crippen molar-refractivity contribution in [2.75, 3.05) is 13.1 Å². The van der Waals surface area contributed by atoms with Gasteiger partial charge in [-0.25, -0.2) is 10.4 Å². The standard InChI is InChI=1S/C11H13BrN4/c1-8(9-2-4-10(12)5-3-9)15-16-11-13-6-7-14-11/h2-5H,6-7H2,1H3,(H2,13,14,16)/b15-8-. The highest BCUT2D eigenvalue weighted by atomic mass is 79.9. The second-order valence-electron chi connectivity index (χ2n) is 3.47. The van der Waals surface area contributed by atoms with Crippen molar-refractivity contribution < 1.29 is 0 Å². The molecule has 1 heterocycles. The summed E-state index contributed by atoms with van der Waals surface area (Å²) in [6.07, 6.45) is 0. The molecule has 16 heavy (non-hydrogen) atoms. The molecule has 2 rings (SSSR count). The number of aliphatic imine (C=N–C) groups is 1. The molecular weight excluding hydrogens is 268 g/mol. The monoisotopic (exact) mass is 280 g/mol. The zero-order valence-electron chi connectivity index (χ0n) is 9.00. The number of hydrazone groups is 1. The molecule has 0 atom stereocenters. The van der Waals surface area contributed by atoms with Crippen LogP contribution < -0.4 is 10.7 Å². The summed E-state index contributed by atoms with van der Waals surface area (Å²) in [6.45, 7) is 3.66. The van der Waals surface area contributed by atoms with Crippen LogP contribution in [0.15, 0.2) is 38.8 Å². The van der Waals surface area contributed by atoms with E-state index < -0.39 is 0 Å². The van der Waals surface area contributed by atoms with Crippen molar-refractivity contribution in [3.8, 4) is 0 Å². The van der Waals surface area contributed by atoms with Gasteiger partial charge in [-0.05, 0) is 24.6 Å². The number of guanidine groups is 1. The van der Waals surface area contributed by atoms with E-state index in [2.05, 4.69) is 36.8 Å². The maximum atomic E-state index is 4.26. The van der Waals surface area contributed by atoms with Crippen LogP contribution in [0.1, 0.15) is 12.5 Å². The topological polar surface area (TPSA) is 48.8 Å². The van der Waals surface area contributed by atoms with Crippen LogP contribution in [-0.4, -0.2) is 24.8 Å². The molecule has 2 N–H and O–H groups in total. The molecule has 1 aliphatic heterocycles. The molecule has 0 fully saturated rings. The second-order valence-corrected chi connectivity index (χ2v) is 4.39. The summed E-state index contributed by atoms with van der Waals surface area (Å²) in [5.41, 5.74) is 4.94. The van der Waals surface area contributed by atoms with Crippen LogP contribution in [0.5, 0.6) is 0 Å². The Bertz CT molecular complexity index is 422. The van der Waals surface area contributed by atoms with E-state index in [0.29, 0.717) is 0 Å². The number of hydrogen-bond donors (Lipinski definition) is 2. The Labute approximate surface area is 103 Å². The Morgan fingerprint density at radius 2 is 2.19 bits per heavy atom. The Balaban J connectivity index is 2.03. The highest BCUT2D eigenvalue weighted by molar-refractivity contribution is 9.10. The predicted octanol–water partition coefficient (Wildman–Crippen LogP) is 1.72. The summed E-state index contributed by atoms with van der Waals surface area (Å²) in [5, 5.41) is 7.36. The van der Waals surface area contributed by atoms with Gasteiger partial charge in [0.2, 0.25) is 5.96 Å². The van der Waals surface area contributed by atoms with E-state index in [9.17, 15) is 0 Å². The molecule has 0 aliphatic carbocycles. The molecule has 1 aliphatic rings. The lowest BCUT2D eigenvalue weighted by Gasteiger charge is -2.03. The summed E-state index contributed by atoms with van der Waals surface area (Å²) in [7, 11) is 0. The van der Waals surface area contributed by atoms with Crippen LogP contribution in [0.25, 0.3) is 0 Å². The molecular formula is C11H13BrN4. The van der Waals surface area contributed by atoms with Crippen LogP contribution in [0.2, 0.25) is 0 Å². The van der Waals surface area contributed by atoms with Gasteiger partial charge in [0.05, 0.1) is 12.3 Å². The Morgan fingerprint density at radius 1 is 1.44 bits per heavy atom. The van der Waals surface area contributed by atoms with E-state index in [1.165, 1.54) is 0 Å².